The van der Waals surface area contributed by atoms with Crippen molar-refractivity contribution in [3.8, 4) is 11.5 Å². The van der Waals surface area contributed by atoms with Gasteiger partial charge in [0, 0.05) is 42.3 Å². The highest BCUT2D eigenvalue weighted by Crippen LogP contribution is 2.48. The fraction of sp³-hybridized carbons (Fsp3) is 0.250. The second-order valence-electron chi connectivity index (χ2n) is 10.7. The molecule has 5 rings (SSSR count). The molecule has 2 N–H and O–H groups in total. The number of ether oxygens (including phenoxy) is 2. The summed E-state index contributed by atoms with van der Waals surface area (Å²) in [6.45, 7) is 2.54. The number of urea groups is 1. The molecule has 0 saturated carbocycles. The molecule has 0 radical (unpaired) electrons. The van der Waals surface area contributed by atoms with E-state index in [4.69, 9.17) is 37.7 Å². The van der Waals surface area contributed by atoms with Crippen molar-refractivity contribution in [2.45, 2.75) is 19.5 Å². The molecule has 0 spiro atoms. The zero-order valence-electron chi connectivity index (χ0n) is 26.4. The van der Waals surface area contributed by atoms with Crippen LogP contribution in [0, 0.1) is 0 Å². The van der Waals surface area contributed by atoms with Gasteiger partial charge in [0.1, 0.15) is 39.5 Å². The second-order valence-corrected chi connectivity index (χ2v) is 11.5. The van der Waals surface area contributed by atoms with E-state index in [-0.39, 0.29) is 45.6 Å². The van der Waals surface area contributed by atoms with Crippen LogP contribution in [0.5, 0.6) is 11.5 Å². The van der Waals surface area contributed by atoms with Gasteiger partial charge < -0.3 is 25.0 Å². The van der Waals surface area contributed by atoms with E-state index in [1.807, 2.05) is 38.1 Å². The van der Waals surface area contributed by atoms with Crippen LogP contribution in [0.1, 0.15) is 24.1 Å². The molecule has 2 aromatic heterocycles. The SMILES string of the molecule is COc1cc(OC)c(Cl)c(N2Cc3cnc(Nc4ccncn4)nc3N(C(C)c3cccc(NC(=O)/C=C/CN(C)C)c3)C2=O)c1Cl. The summed E-state index contributed by atoms with van der Waals surface area (Å²) in [5.41, 5.74) is 2.12. The number of rotatable bonds is 11. The summed E-state index contributed by atoms with van der Waals surface area (Å²) in [4.78, 5) is 49.4. The molecule has 4 aromatic rings. The molecule has 244 valence electrons. The fourth-order valence-corrected chi connectivity index (χ4v) is 5.63. The molecule has 0 saturated heterocycles. The lowest BCUT2D eigenvalue weighted by Gasteiger charge is -2.40. The Morgan fingerprint density at radius 2 is 1.85 bits per heavy atom. The number of fused-ring (bicyclic) bond motifs is 1. The van der Waals surface area contributed by atoms with E-state index in [1.54, 1.807) is 42.7 Å². The van der Waals surface area contributed by atoms with Gasteiger partial charge in [-0.1, -0.05) is 41.4 Å². The molecule has 3 amide bonds. The molecule has 0 aliphatic carbocycles. The van der Waals surface area contributed by atoms with Crippen LogP contribution in [0.15, 0.2) is 67.3 Å². The number of hydrogen-bond acceptors (Lipinski definition) is 10. The number of anilines is 5. The van der Waals surface area contributed by atoms with Gasteiger partial charge in [-0.2, -0.15) is 4.98 Å². The maximum Gasteiger partial charge on any atom is 0.331 e. The van der Waals surface area contributed by atoms with E-state index in [1.165, 1.54) is 36.4 Å². The Balaban J connectivity index is 1.57. The smallest absolute Gasteiger partial charge is 0.331 e. The van der Waals surface area contributed by atoms with Gasteiger partial charge in [0.25, 0.3) is 0 Å². The fourth-order valence-electron chi connectivity index (χ4n) is 4.93. The third kappa shape index (κ3) is 7.38. The number of methoxy groups -OCH3 is 2. The third-order valence-electron chi connectivity index (χ3n) is 7.24. The minimum atomic E-state index is -0.586. The molecule has 15 heteroatoms. The Hall–Kier alpha value is -4.98. The van der Waals surface area contributed by atoms with E-state index in [2.05, 4.69) is 25.6 Å². The second kappa shape index (κ2) is 14.6. The van der Waals surface area contributed by atoms with E-state index >= 15 is 0 Å². The number of nitrogens with zero attached hydrogens (tertiary/aromatic N) is 7. The molecular formula is C32H33Cl2N9O4. The van der Waals surface area contributed by atoms with Gasteiger partial charge >= 0.3 is 6.03 Å². The van der Waals surface area contributed by atoms with Crippen LogP contribution < -0.4 is 29.9 Å². The molecule has 1 atom stereocenters. The van der Waals surface area contributed by atoms with Crippen molar-refractivity contribution in [3.63, 3.8) is 0 Å². The van der Waals surface area contributed by atoms with Crippen molar-refractivity contribution in [2.24, 2.45) is 0 Å². The maximum atomic E-state index is 14.6. The quantitative estimate of drug-likeness (QED) is 0.179. The van der Waals surface area contributed by atoms with Crippen molar-refractivity contribution >= 4 is 64.1 Å². The molecule has 0 bridgehead atoms. The number of benzene rings is 2. The first-order valence-corrected chi connectivity index (χ1v) is 15.2. The lowest BCUT2D eigenvalue weighted by Crippen LogP contribution is -2.49. The Labute approximate surface area is 282 Å². The minimum Gasteiger partial charge on any atom is -0.495 e. The number of nitrogens with one attached hydrogen (secondary N) is 2. The van der Waals surface area contributed by atoms with E-state index in [0.29, 0.717) is 29.4 Å². The Morgan fingerprint density at radius 3 is 2.51 bits per heavy atom. The first kappa shape index (κ1) is 33.4. The highest BCUT2D eigenvalue weighted by Gasteiger charge is 2.39. The van der Waals surface area contributed by atoms with Gasteiger partial charge in [-0.05, 0) is 44.8 Å². The predicted octanol–water partition coefficient (Wildman–Crippen LogP) is 6.10. The number of hydrogen-bond donors (Lipinski definition) is 2. The Bertz CT molecular complexity index is 1780. The largest absolute Gasteiger partial charge is 0.495 e. The van der Waals surface area contributed by atoms with Crippen molar-refractivity contribution in [2.75, 3.05) is 55.3 Å². The van der Waals surface area contributed by atoms with Crippen LogP contribution in [0.25, 0.3) is 0 Å². The highest BCUT2D eigenvalue weighted by atomic mass is 35.5. The molecule has 1 aliphatic rings. The van der Waals surface area contributed by atoms with Gasteiger partial charge in [-0.25, -0.2) is 19.7 Å². The molecule has 3 heterocycles. The van der Waals surface area contributed by atoms with Crippen molar-refractivity contribution in [3.05, 3.63) is 88.4 Å². The predicted molar refractivity (Wildman–Crippen MR) is 182 cm³/mol. The zero-order chi connectivity index (χ0) is 33.7. The van der Waals surface area contributed by atoms with E-state index < -0.39 is 12.1 Å². The highest BCUT2D eigenvalue weighted by molar-refractivity contribution is 6.42. The molecular weight excluding hydrogens is 645 g/mol. The minimum absolute atomic E-state index is 0.0519. The molecule has 2 aromatic carbocycles. The summed E-state index contributed by atoms with van der Waals surface area (Å²) in [5.74, 6) is 1.37. The number of aromatic nitrogens is 4. The molecule has 13 nitrogen and oxygen atoms in total. The Kier molecular flexibility index (Phi) is 10.4. The summed E-state index contributed by atoms with van der Waals surface area (Å²) in [5, 5.41) is 6.22. The Morgan fingerprint density at radius 1 is 1.11 bits per heavy atom. The first-order chi connectivity index (χ1) is 22.6. The van der Waals surface area contributed by atoms with E-state index in [9.17, 15) is 9.59 Å². The standard InChI is InChI=1S/C32H33Cl2N9O4/c1-19(20-8-6-9-22(14-20)38-26(44)10-7-13-41(2)3)43-30-21(16-36-31(40-30)39-25-11-12-35-18-37-25)17-42(32(43)45)29-27(33)23(46-4)15-24(47-5)28(29)34/h6-12,14-16,18-19H,13,17H2,1-5H3,(H,38,44)(H,35,36,37,39,40)/b10-7+. The van der Waals surface area contributed by atoms with E-state index in [0.717, 1.165) is 5.56 Å². The maximum absolute atomic E-state index is 14.6. The number of likely N-dealkylation sites (N-methyl/N-ethyl adjacent to an activating group) is 1. The summed E-state index contributed by atoms with van der Waals surface area (Å²) in [6.07, 6.45) is 7.87. The third-order valence-corrected chi connectivity index (χ3v) is 7.97. The molecule has 47 heavy (non-hydrogen) atoms. The number of amides is 3. The van der Waals surface area contributed by atoms with Crippen LogP contribution in [-0.4, -0.2) is 71.6 Å². The van der Waals surface area contributed by atoms with Crippen LogP contribution in [0.4, 0.5) is 33.8 Å². The topological polar surface area (TPSA) is 138 Å². The first-order valence-electron chi connectivity index (χ1n) is 14.4. The molecule has 1 unspecified atom stereocenters. The lowest BCUT2D eigenvalue weighted by molar-refractivity contribution is -0.111. The van der Waals surface area contributed by atoms with Crippen molar-refractivity contribution in [1.29, 1.82) is 0 Å². The van der Waals surface area contributed by atoms with Gasteiger partial charge in [-0.3, -0.25) is 14.6 Å². The van der Waals surface area contributed by atoms with Gasteiger partial charge in [-0.15, -0.1) is 0 Å². The van der Waals surface area contributed by atoms with Gasteiger partial charge in [0.15, 0.2) is 0 Å². The number of carbonyl (C=O) groups is 2. The number of carbonyl (C=O) groups excluding carboxylic acids is 2. The van der Waals surface area contributed by atoms with Crippen molar-refractivity contribution < 1.29 is 19.1 Å². The average molecular weight is 679 g/mol. The summed E-state index contributed by atoms with van der Waals surface area (Å²) < 4.78 is 10.9. The van der Waals surface area contributed by atoms with Gasteiger partial charge in [0.2, 0.25) is 11.9 Å². The van der Waals surface area contributed by atoms with Crippen molar-refractivity contribution in [1.82, 2.24) is 24.8 Å². The number of halogens is 2. The van der Waals surface area contributed by atoms with Gasteiger partial charge in [0.05, 0.1) is 32.5 Å². The molecule has 0 fully saturated rings. The zero-order valence-corrected chi connectivity index (χ0v) is 27.9. The van der Waals surface area contributed by atoms with Crippen LogP contribution in [0.2, 0.25) is 10.0 Å². The summed E-state index contributed by atoms with van der Waals surface area (Å²) >= 11 is 13.5. The molecule has 1 aliphatic heterocycles. The summed E-state index contributed by atoms with van der Waals surface area (Å²) in [6, 6.07) is 9.44. The van der Waals surface area contributed by atoms with Crippen LogP contribution in [-0.2, 0) is 11.3 Å². The van der Waals surface area contributed by atoms with Crippen LogP contribution >= 0.6 is 23.2 Å². The lowest BCUT2D eigenvalue weighted by atomic mass is 10.0. The summed E-state index contributed by atoms with van der Waals surface area (Å²) in [7, 11) is 6.76. The normalized spacial score (nSPS) is 13.5. The van der Waals surface area contributed by atoms with Crippen LogP contribution in [0.3, 0.4) is 0 Å². The average Bonchev–Trinajstić information content (AvgIpc) is 3.05. The monoisotopic (exact) mass is 677 g/mol.